The van der Waals surface area contributed by atoms with Gasteiger partial charge in [-0.1, -0.05) is 24.3 Å². The number of rotatable bonds is 6. The highest BCUT2D eigenvalue weighted by Gasteiger charge is 2.10. The minimum absolute atomic E-state index is 0.0988. The van der Waals surface area contributed by atoms with Crippen LogP contribution in [-0.2, 0) is 11.2 Å². The zero-order chi connectivity index (χ0) is 21.1. The number of pyridine rings is 1. The summed E-state index contributed by atoms with van der Waals surface area (Å²) in [7, 11) is 3.16. The Hall–Kier alpha value is -3.80. The summed E-state index contributed by atoms with van der Waals surface area (Å²) in [5, 5.41) is 2.93. The predicted molar refractivity (Wildman–Crippen MR) is 117 cm³/mol. The van der Waals surface area contributed by atoms with Gasteiger partial charge in [0.05, 0.1) is 26.3 Å². The van der Waals surface area contributed by atoms with Crippen molar-refractivity contribution in [2.45, 2.75) is 13.3 Å². The smallest absolute Gasteiger partial charge is 0.228 e. The zero-order valence-corrected chi connectivity index (χ0v) is 17.2. The standard InChI is InChI=1S/C24H23N3O3/c1-16-5-4-12-27-15-20(26-24(16)27)18-7-9-19(10-8-18)25-23(28)14-17-6-11-21(29-2)22(13-17)30-3/h4-13,15H,14H2,1-3H3,(H,25,28). The van der Waals surface area contributed by atoms with Crippen LogP contribution in [-0.4, -0.2) is 29.5 Å². The fourth-order valence-corrected chi connectivity index (χ4v) is 3.40. The summed E-state index contributed by atoms with van der Waals surface area (Å²) in [6, 6.07) is 17.2. The third-order valence-electron chi connectivity index (χ3n) is 4.95. The summed E-state index contributed by atoms with van der Waals surface area (Å²) >= 11 is 0. The van der Waals surface area contributed by atoms with E-state index in [4.69, 9.17) is 14.5 Å². The SMILES string of the molecule is COc1ccc(CC(=O)Nc2ccc(-c3cn4cccc(C)c4n3)cc2)cc1OC. The Morgan fingerprint density at radius 2 is 1.80 bits per heavy atom. The van der Waals surface area contributed by atoms with Gasteiger partial charge in [-0.3, -0.25) is 4.79 Å². The van der Waals surface area contributed by atoms with Gasteiger partial charge in [0, 0.05) is 23.6 Å². The third kappa shape index (κ3) is 3.98. The first-order chi connectivity index (χ1) is 14.6. The van der Waals surface area contributed by atoms with Gasteiger partial charge in [-0.15, -0.1) is 0 Å². The molecule has 0 saturated carbocycles. The average Bonchev–Trinajstić information content (AvgIpc) is 3.20. The number of methoxy groups -OCH3 is 2. The molecule has 4 rings (SSSR count). The monoisotopic (exact) mass is 401 g/mol. The van der Waals surface area contributed by atoms with Crippen molar-refractivity contribution in [2.24, 2.45) is 0 Å². The van der Waals surface area contributed by atoms with Crippen molar-refractivity contribution >= 4 is 17.2 Å². The number of amides is 1. The molecule has 1 N–H and O–H groups in total. The number of hydrogen-bond acceptors (Lipinski definition) is 4. The topological polar surface area (TPSA) is 64.9 Å². The Labute approximate surface area is 175 Å². The van der Waals surface area contributed by atoms with E-state index in [-0.39, 0.29) is 12.3 Å². The molecular weight excluding hydrogens is 378 g/mol. The Balaban J connectivity index is 1.45. The van der Waals surface area contributed by atoms with Crippen LogP contribution in [0.2, 0.25) is 0 Å². The fraction of sp³-hybridized carbons (Fsp3) is 0.167. The molecule has 2 heterocycles. The number of fused-ring (bicyclic) bond motifs is 1. The molecule has 6 nitrogen and oxygen atoms in total. The van der Waals surface area contributed by atoms with Gasteiger partial charge in [0.25, 0.3) is 0 Å². The van der Waals surface area contributed by atoms with E-state index in [2.05, 4.69) is 5.32 Å². The van der Waals surface area contributed by atoms with Crippen LogP contribution in [0.15, 0.2) is 67.0 Å². The highest BCUT2D eigenvalue weighted by molar-refractivity contribution is 5.92. The lowest BCUT2D eigenvalue weighted by molar-refractivity contribution is -0.115. The van der Waals surface area contributed by atoms with Crippen LogP contribution in [0.4, 0.5) is 5.69 Å². The molecular formula is C24H23N3O3. The first kappa shape index (κ1) is 19.5. The third-order valence-corrected chi connectivity index (χ3v) is 4.95. The molecule has 0 bridgehead atoms. The second-order valence-electron chi connectivity index (χ2n) is 7.04. The molecule has 2 aromatic heterocycles. The molecule has 0 saturated heterocycles. The molecule has 152 valence electrons. The van der Waals surface area contributed by atoms with Crippen LogP contribution in [0, 0.1) is 6.92 Å². The van der Waals surface area contributed by atoms with Crippen molar-refractivity contribution in [1.29, 1.82) is 0 Å². The van der Waals surface area contributed by atoms with Crippen molar-refractivity contribution in [3.63, 3.8) is 0 Å². The van der Waals surface area contributed by atoms with E-state index in [1.54, 1.807) is 20.3 Å². The predicted octanol–water partition coefficient (Wildman–Crippen LogP) is 4.51. The number of hydrogen-bond donors (Lipinski definition) is 1. The molecule has 0 aliphatic heterocycles. The van der Waals surface area contributed by atoms with E-state index in [0.29, 0.717) is 11.5 Å². The minimum Gasteiger partial charge on any atom is -0.493 e. The number of carbonyl (C=O) groups excluding carboxylic acids is 1. The quantitative estimate of drug-likeness (QED) is 0.516. The maximum atomic E-state index is 12.4. The largest absolute Gasteiger partial charge is 0.493 e. The van der Waals surface area contributed by atoms with Gasteiger partial charge in [-0.05, 0) is 48.4 Å². The molecule has 6 heteroatoms. The van der Waals surface area contributed by atoms with Gasteiger partial charge >= 0.3 is 0 Å². The molecule has 0 aliphatic carbocycles. The number of carbonyl (C=O) groups is 1. The first-order valence-corrected chi connectivity index (χ1v) is 9.63. The summed E-state index contributed by atoms with van der Waals surface area (Å²) in [5.74, 6) is 1.15. The van der Waals surface area contributed by atoms with E-state index in [1.165, 1.54) is 0 Å². The second-order valence-corrected chi connectivity index (χ2v) is 7.04. The lowest BCUT2D eigenvalue weighted by atomic mass is 10.1. The highest BCUT2D eigenvalue weighted by Crippen LogP contribution is 2.28. The Kier molecular flexibility index (Phi) is 5.39. The number of aromatic nitrogens is 2. The van der Waals surface area contributed by atoms with Gasteiger partial charge < -0.3 is 19.2 Å². The highest BCUT2D eigenvalue weighted by atomic mass is 16.5. The number of nitrogens with zero attached hydrogens (tertiary/aromatic N) is 2. The van der Waals surface area contributed by atoms with E-state index in [1.807, 2.05) is 72.2 Å². The van der Waals surface area contributed by atoms with Gasteiger partial charge in [-0.25, -0.2) is 4.98 Å². The molecule has 0 atom stereocenters. The van der Waals surface area contributed by atoms with E-state index in [0.717, 1.165) is 33.7 Å². The molecule has 1 amide bonds. The molecule has 0 unspecified atom stereocenters. The zero-order valence-electron chi connectivity index (χ0n) is 17.2. The summed E-state index contributed by atoms with van der Waals surface area (Å²) in [6.07, 6.45) is 4.24. The molecule has 0 fully saturated rings. The Morgan fingerprint density at radius 3 is 2.50 bits per heavy atom. The van der Waals surface area contributed by atoms with E-state index >= 15 is 0 Å². The maximum absolute atomic E-state index is 12.4. The maximum Gasteiger partial charge on any atom is 0.228 e. The average molecular weight is 401 g/mol. The molecule has 30 heavy (non-hydrogen) atoms. The summed E-state index contributed by atoms with van der Waals surface area (Å²) in [4.78, 5) is 17.2. The van der Waals surface area contributed by atoms with Gasteiger partial charge in [0.1, 0.15) is 5.65 Å². The van der Waals surface area contributed by atoms with Crippen molar-refractivity contribution in [2.75, 3.05) is 19.5 Å². The lowest BCUT2D eigenvalue weighted by Gasteiger charge is -2.10. The van der Waals surface area contributed by atoms with E-state index in [9.17, 15) is 4.79 Å². The van der Waals surface area contributed by atoms with Crippen LogP contribution in [0.3, 0.4) is 0 Å². The van der Waals surface area contributed by atoms with Crippen molar-refractivity contribution in [1.82, 2.24) is 9.38 Å². The lowest BCUT2D eigenvalue weighted by Crippen LogP contribution is -2.14. The number of anilines is 1. The van der Waals surface area contributed by atoms with Gasteiger partial charge in [0.2, 0.25) is 5.91 Å². The molecule has 0 radical (unpaired) electrons. The van der Waals surface area contributed by atoms with Crippen molar-refractivity contribution in [3.05, 3.63) is 78.1 Å². The van der Waals surface area contributed by atoms with Crippen LogP contribution < -0.4 is 14.8 Å². The summed E-state index contributed by atoms with van der Waals surface area (Å²) < 4.78 is 12.5. The molecule has 0 aliphatic rings. The van der Waals surface area contributed by atoms with Gasteiger partial charge in [0.15, 0.2) is 11.5 Å². The van der Waals surface area contributed by atoms with Crippen LogP contribution in [0.1, 0.15) is 11.1 Å². The summed E-state index contributed by atoms with van der Waals surface area (Å²) in [6.45, 7) is 2.04. The Morgan fingerprint density at radius 1 is 1.03 bits per heavy atom. The first-order valence-electron chi connectivity index (χ1n) is 9.63. The number of benzene rings is 2. The van der Waals surface area contributed by atoms with Crippen LogP contribution >= 0.6 is 0 Å². The number of nitrogens with one attached hydrogen (secondary N) is 1. The number of aryl methyl sites for hydroxylation is 1. The molecule has 4 aromatic rings. The van der Waals surface area contributed by atoms with Gasteiger partial charge in [-0.2, -0.15) is 0 Å². The Bertz CT molecular complexity index is 1200. The van der Waals surface area contributed by atoms with E-state index < -0.39 is 0 Å². The van der Waals surface area contributed by atoms with Crippen LogP contribution in [0.5, 0.6) is 11.5 Å². The summed E-state index contributed by atoms with van der Waals surface area (Å²) in [5.41, 5.74) is 5.55. The second kappa shape index (κ2) is 8.29. The van der Waals surface area contributed by atoms with Crippen molar-refractivity contribution in [3.8, 4) is 22.8 Å². The number of imidazole rings is 1. The van der Waals surface area contributed by atoms with Crippen molar-refractivity contribution < 1.29 is 14.3 Å². The molecule has 2 aromatic carbocycles. The fourth-order valence-electron chi connectivity index (χ4n) is 3.40. The molecule has 0 spiro atoms. The number of ether oxygens (including phenoxy) is 2. The van der Waals surface area contributed by atoms with Crippen LogP contribution in [0.25, 0.3) is 16.9 Å². The minimum atomic E-state index is -0.0988. The normalized spacial score (nSPS) is 10.8.